The number of carbonyl (C=O) groups excluding carboxylic acids is 1. The maximum Gasteiger partial charge on any atom is 0.237 e. The third kappa shape index (κ3) is 6.59. The Hall–Kier alpha value is -1.10. The fraction of sp³-hybridized carbons (Fsp3) is 0.462. The molecule has 0 aromatic heterocycles. The molecule has 0 radical (unpaired) electrons. The molecule has 1 atom stereocenters. The zero-order chi connectivity index (χ0) is 12.7. The number of nitrogens with zero attached hydrogens (tertiary/aromatic N) is 1. The molecule has 4 nitrogen and oxygen atoms in total. The molecule has 1 rings (SSSR count). The van der Waals surface area contributed by atoms with Crippen molar-refractivity contribution >= 4 is 18.3 Å². The van der Waals surface area contributed by atoms with E-state index < -0.39 is 6.04 Å². The highest BCUT2D eigenvalue weighted by atomic mass is 35.5. The third-order valence-electron chi connectivity index (χ3n) is 2.49. The van der Waals surface area contributed by atoms with Crippen molar-refractivity contribution in [1.82, 2.24) is 10.2 Å². The summed E-state index contributed by atoms with van der Waals surface area (Å²) in [6.45, 7) is 1.46. The second kappa shape index (κ2) is 8.91. The van der Waals surface area contributed by atoms with Crippen LogP contribution in [-0.2, 0) is 11.2 Å². The van der Waals surface area contributed by atoms with E-state index in [0.717, 1.165) is 12.1 Å². The van der Waals surface area contributed by atoms with Crippen LogP contribution in [0.15, 0.2) is 30.3 Å². The summed E-state index contributed by atoms with van der Waals surface area (Å²) < 4.78 is 0. The van der Waals surface area contributed by atoms with Crippen LogP contribution in [0.1, 0.15) is 5.56 Å². The molecule has 0 bridgehead atoms. The van der Waals surface area contributed by atoms with Crippen molar-refractivity contribution in [3.63, 3.8) is 0 Å². The average molecular weight is 272 g/mol. The molecule has 0 heterocycles. The minimum absolute atomic E-state index is 0. The van der Waals surface area contributed by atoms with Crippen LogP contribution in [0, 0.1) is 0 Å². The summed E-state index contributed by atoms with van der Waals surface area (Å²) in [5.74, 6) is -0.0873. The van der Waals surface area contributed by atoms with Gasteiger partial charge in [0.2, 0.25) is 5.91 Å². The van der Waals surface area contributed by atoms with Crippen LogP contribution in [0.4, 0.5) is 0 Å². The second-order valence-corrected chi connectivity index (χ2v) is 4.39. The van der Waals surface area contributed by atoms with Crippen LogP contribution in [-0.4, -0.2) is 44.0 Å². The minimum atomic E-state index is -0.473. The van der Waals surface area contributed by atoms with E-state index in [1.165, 1.54) is 0 Å². The van der Waals surface area contributed by atoms with Crippen molar-refractivity contribution in [1.29, 1.82) is 0 Å². The lowest BCUT2D eigenvalue weighted by molar-refractivity contribution is -0.122. The third-order valence-corrected chi connectivity index (χ3v) is 2.49. The Balaban J connectivity index is 0.00000289. The summed E-state index contributed by atoms with van der Waals surface area (Å²) in [7, 11) is 3.94. The number of nitrogens with two attached hydrogens (primary N) is 1. The van der Waals surface area contributed by atoms with E-state index in [1.54, 1.807) is 0 Å². The maximum absolute atomic E-state index is 11.7. The fourth-order valence-corrected chi connectivity index (χ4v) is 1.49. The number of hydrogen-bond acceptors (Lipinski definition) is 3. The summed E-state index contributed by atoms with van der Waals surface area (Å²) in [6.07, 6.45) is 0.578. The number of amides is 1. The molecule has 1 amide bonds. The first-order valence-corrected chi connectivity index (χ1v) is 5.81. The van der Waals surface area contributed by atoms with Crippen LogP contribution < -0.4 is 11.1 Å². The Morgan fingerprint density at radius 1 is 1.33 bits per heavy atom. The van der Waals surface area contributed by atoms with Crippen LogP contribution in [0.2, 0.25) is 0 Å². The van der Waals surface area contributed by atoms with Crippen molar-refractivity contribution in [2.45, 2.75) is 12.5 Å². The summed E-state index contributed by atoms with van der Waals surface area (Å²) in [6, 6.07) is 9.34. The van der Waals surface area contributed by atoms with Gasteiger partial charge in [-0.05, 0) is 26.1 Å². The van der Waals surface area contributed by atoms with Gasteiger partial charge in [-0.3, -0.25) is 4.79 Å². The molecule has 0 aliphatic rings. The lowest BCUT2D eigenvalue weighted by Crippen LogP contribution is -2.44. The van der Waals surface area contributed by atoms with E-state index in [4.69, 9.17) is 5.73 Å². The lowest BCUT2D eigenvalue weighted by Gasteiger charge is -2.14. The van der Waals surface area contributed by atoms with Crippen molar-refractivity contribution in [3.05, 3.63) is 35.9 Å². The molecule has 1 unspecified atom stereocenters. The van der Waals surface area contributed by atoms with Gasteiger partial charge in [0, 0.05) is 13.1 Å². The zero-order valence-electron chi connectivity index (χ0n) is 10.9. The fourth-order valence-electron chi connectivity index (χ4n) is 1.49. The summed E-state index contributed by atoms with van der Waals surface area (Å²) in [4.78, 5) is 13.7. The highest BCUT2D eigenvalue weighted by Gasteiger charge is 2.13. The van der Waals surface area contributed by atoms with E-state index >= 15 is 0 Å². The molecule has 0 spiro atoms. The molecule has 5 heteroatoms. The van der Waals surface area contributed by atoms with E-state index in [2.05, 4.69) is 5.32 Å². The van der Waals surface area contributed by atoms with Gasteiger partial charge in [-0.2, -0.15) is 0 Å². The molecular formula is C13H22ClN3O. The van der Waals surface area contributed by atoms with Gasteiger partial charge in [-0.1, -0.05) is 30.3 Å². The Bertz CT molecular complexity index is 343. The highest BCUT2D eigenvalue weighted by molar-refractivity contribution is 5.85. The van der Waals surface area contributed by atoms with Crippen molar-refractivity contribution in [2.24, 2.45) is 5.73 Å². The number of carbonyl (C=O) groups is 1. The van der Waals surface area contributed by atoms with E-state index in [9.17, 15) is 4.79 Å². The largest absolute Gasteiger partial charge is 0.353 e. The topological polar surface area (TPSA) is 58.4 Å². The Kier molecular flexibility index (Phi) is 8.37. The van der Waals surface area contributed by atoms with Gasteiger partial charge in [0.25, 0.3) is 0 Å². The summed E-state index contributed by atoms with van der Waals surface area (Å²) in [5.41, 5.74) is 6.93. The predicted molar refractivity (Wildman–Crippen MR) is 76.9 cm³/mol. The molecule has 0 saturated carbocycles. The number of hydrogen-bond donors (Lipinski definition) is 2. The number of halogens is 1. The molecule has 0 aliphatic carbocycles. The van der Waals surface area contributed by atoms with Gasteiger partial charge in [0.15, 0.2) is 0 Å². The first-order chi connectivity index (χ1) is 8.09. The summed E-state index contributed by atoms with van der Waals surface area (Å²) in [5, 5.41) is 2.83. The Morgan fingerprint density at radius 2 is 1.94 bits per heavy atom. The van der Waals surface area contributed by atoms with Gasteiger partial charge in [0.05, 0.1) is 6.04 Å². The number of rotatable bonds is 6. The average Bonchev–Trinajstić information content (AvgIpc) is 2.29. The predicted octanol–water partition coefficient (Wildman–Crippen LogP) is 0.656. The summed E-state index contributed by atoms with van der Waals surface area (Å²) >= 11 is 0. The Morgan fingerprint density at radius 3 is 2.50 bits per heavy atom. The first kappa shape index (κ1) is 16.9. The lowest BCUT2D eigenvalue weighted by atomic mass is 10.1. The van der Waals surface area contributed by atoms with Gasteiger partial charge >= 0.3 is 0 Å². The molecule has 18 heavy (non-hydrogen) atoms. The molecule has 102 valence electrons. The molecule has 0 aliphatic heterocycles. The van der Waals surface area contributed by atoms with E-state index in [1.807, 2.05) is 49.3 Å². The molecular weight excluding hydrogens is 250 g/mol. The van der Waals surface area contributed by atoms with Crippen molar-refractivity contribution in [3.8, 4) is 0 Å². The molecule has 1 aromatic rings. The smallest absolute Gasteiger partial charge is 0.237 e. The van der Waals surface area contributed by atoms with Gasteiger partial charge in [-0.25, -0.2) is 0 Å². The second-order valence-electron chi connectivity index (χ2n) is 4.39. The van der Waals surface area contributed by atoms with Gasteiger partial charge in [-0.15, -0.1) is 12.4 Å². The first-order valence-electron chi connectivity index (χ1n) is 5.81. The molecule has 1 aromatic carbocycles. The number of likely N-dealkylation sites (N-methyl/N-ethyl adjacent to an activating group) is 1. The van der Waals surface area contributed by atoms with Crippen LogP contribution >= 0.6 is 12.4 Å². The SMILES string of the molecule is CN(C)CCNC(=O)C(N)Cc1ccccc1.Cl. The van der Waals surface area contributed by atoms with Crippen LogP contribution in [0.25, 0.3) is 0 Å². The highest BCUT2D eigenvalue weighted by Crippen LogP contribution is 2.01. The number of benzene rings is 1. The Labute approximate surface area is 115 Å². The van der Waals surface area contributed by atoms with Crippen molar-refractivity contribution in [2.75, 3.05) is 27.2 Å². The maximum atomic E-state index is 11.7. The van der Waals surface area contributed by atoms with E-state index in [-0.39, 0.29) is 18.3 Å². The standard InChI is InChI=1S/C13H21N3O.ClH/c1-16(2)9-8-15-13(17)12(14)10-11-6-4-3-5-7-11;/h3-7,12H,8-10,14H2,1-2H3,(H,15,17);1H. The monoisotopic (exact) mass is 271 g/mol. The van der Waals surface area contributed by atoms with Gasteiger partial charge < -0.3 is 16.0 Å². The van der Waals surface area contributed by atoms with Gasteiger partial charge in [0.1, 0.15) is 0 Å². The normalized spacial score (nSPS) is 11.8. The number of nitrogens with one attached hydrogen (secondary N) is 1. The molecule has 0 fully saturated rings. The molecule has 0 saturated heterocycles. The zero-order valence-corrected chi connectivity index (χ0v) is 11.7. The van der Waals surface area contributed by atoms with Crippen molar-refractivity contribution < 1.29 is 4.79 Å². The van der Waals surface area contributed by atoms with E-state index in [0.29, 0.717) is 13.0 Å². The molecule has 3 N–H and O–H groups in total. The minimum Gasteiger partial charge on any atom is -0.353 e. The van der Waals surface area contributed by atoms with Crippen LogP contribution in [0.5, 0.6) is 0 Å². The van der Waals surface area contributed by atoms with Crippen LogP contribution in [0.3, 0.4) is 0 Å². The quantitative estimate of drug-likeness (QED) is 0.799.